The molecule has 1 amide bonds. The molecule has 17 heavy (non-hydrogen) atoms. The fraction of sp³-hybridized carbons (Fsp3) is 0.500. The summed E-state index contributed by atoms with van der Waals surface area (Å²) in [5.74, 6) is 0.112. The van der Waals surface area contributed by atoms with E-state index in [-0.39, 0.29) is 11.9 Å². The van der Waals surface area contributed by atoms with Crippen molar-refractivity contribution in [3.8, 4) is 0 Å². The Hall–Kier alpha value is -1.35. The van der Waals surface area contributed by atoms with Crippen LogP contribution in [0, 0.1) is 0 Å². The number of fused-ring (bicyclic) bond motifs is 1. The minimum atomic E-state index is 0.00301. The van der Waals surface area contributed by atoms with E-state index in [0.29, 0.717) is 0 Å². The minimum Gasteiger partial charge on any atom is -0.325 e. The molecule has 0 radical (unpaired) electrons. The number of benzene rings is 1. The zero-order chi connectivity index (χ0) is 11.7. The zero-order valence-corrected chi connectivity index (χ0v) is 9.96. The Kier molecular flexibility index (Phi) is 2.85. The van der Waals surface area contributed by atoms with Gasteiger partial charge >= 0.3 is 0 Å². The van der Waals surface area contributed by atoms with E-state index in [1.165, 1.54) is 24.0 Å². The molecule has 3 heteroatoms. The molecule has 3 nitrogen and oxygen atoms in total. The van der Waals surface area contributed by atoms with Gasteiger partial charge in [0, 0.05) is 5.69 Å². The number of carbonyl (C=O) groups is 1. The fourth-order valence-corrected chi connectivity index (χ4v) is 2.79. The normalized spacial score (nSPS) is 22.5. The van der Waals surface area contributed by atoms with Crippen molar-refractivity contribution >= 4 is 11.6 Å². The van der Waals surface area contributed by atoms with Crippen molar-refractivity contribution in [3.63, 3.8) is 0 Å². The summed E-state index contributed by atoms with van der Waals surface area (Å²) in [5, 5.41) is 6.23. The van der Waals surface area contributed by atoms with E-state index >= 15 is 0 Å². The lowest BCUT2D eigenvalue weighted by Gasteiger charge is -2.12. The van der Waals surface area contributed by atoms with Gasteiger partial charge in [0.1, 0.15) is 0 Å². The second-order valence-corrected chi connectivity index (χ2v) is 4.98. The summed E-state index contributed by atoms with van der Waals surface area (Å²) in [5.41, 5.74) is 3.80. The predicted octanol–water partition coefficient (Wildman–Crippen LogP) is 1.87. The standard InChI is InChI=1S/C14H18N2O/c17-14(13-5-2-8-15-13)16-12-7-6-10-3-1-4-11(10)9-12/h6-7,9,13,15H,1-5,8H2,(H,16,17). The van der Waals surface area contributed by atoms with Crippen molar-refractivity contribution in [2.24, 2.45) is 0 Å². The van der Waals surface area contributed by atoms with Crippen molar-refractivity contribution in [2.45, 2.75) is 38.1 Å². The molecule has 0 spiro atoms. The molecule has 1 unspecified atom stereocenters. The van der Waals surface area contributed by atoms with Gasteiger partial charge in [-0.3, -0.25) is 4.79 Å². The highest BCUT2D eigenvalue weighted by atomic mass is 16.2. The summed E-state index contributed by atoms with van der Waals surface area (Å²) in [6.07, 6.45) is 5.64. The second-order valence-electron chi connectivity index (χ2n) is 4.98. The van der Waals surface area contributed by atoms with Gasteiger partial charge in [-0.05, 0) is 61.9 Å². The first-order valence-corrected chi connectivity index (χ1v) is 6.49. The SMILES string of the molecule is O=C(Nc1ccc2c(c1)CCC2)C1CCCN1. The third-order valence-corrected chi connectivity index (χ3v) is 3.74. The van der Waals surface area contributed by atoms with Crippen molar-refractivity contribution in [1.29, 1.82) is 0 Å². The average Bonchev–Trinajstić information content (AvgIpc) is 2.99. The Morgan fingerprint density at radius 3 is 2.94 bits per heavy atom. The lowest BCUT2D eigenvalue weighted by molar-refractivity contribution is -0.117. The summed E-state index contributed by atoms with van der Waals surface area (Å²) >= 11 is 0. The van der Waals surface area contributed by atoms with Crippen molar-refractivity contribution < 1.29 is 4.79 Å². The van der Waals surface area contributed by atoms with Gasteiger partial charge in [0.25, 0.3) is 0 Å². The Balaban J connectivity index is 1.70. The van der Waals surface area contributed by atoms with Crippen LogP contribution in [0.25, 0.3) is 0 Å². The molecule has 90 valence electrons. The van der Waals surface area contributed by atoms with Crippen LogP contribution in [0.4, 0.5) is 5.69 Å². The zero-order valence-electron chi connectivity index (χ0n) is 9.96. The van der Waals surface area contributed by atoms with Gasteiger partial charge in [-0.15, -0.1) is 0 Å². The van der Waals surface area contributed by atoms with Gasteiger partial charge in [-0.25, -0.2) is 0 Å². The molecule has 2 aliphatic rings. The largest absolute Gasteiger partial charge is 0.325 e. The van der Waals surface area contributed by atoms with E-state index in [9.17, 15) is 4.79 Å². The molecule has 1 saturated heterocycles. The first-order valence-electron chi connectivity index (χ1n) is 6.49. The van der Waals surface area contributed by atoms with Crippen molar-refractivity contribution in [1.82, 2.24) is 5.32 Å². The monoisotopic (exact) mass is 230 g/mol. The van der Waals surface area contributed by atoms with E-state index in [0.717, 1.165) is 31.5 Å². The molecule has 1 aliphatic carbocycles. The quantitative estimate of drug-likeness (QED) is 0.814. The van der Waals surface area contributed by atoms with E-state index in [2.05, 4.69) is 22.8 Å². The van der Waals surface area contributed by atoms with Crippen LogP contribution in [-0.4, -0.2) is 18.5 Å². The number of amides is 1. The van der Waals surface area contributed by atoms with E-state index in [1.54, 1.807) is 0 Å². The molecular weight excluding hydrogens is 212 g/mol. The molecule has 0 bridgehead atoms. The summed E-state index contributed by atoms with van der Waals surface area (Å²) in [6, 6.07) is 6.31. The summed E-state index contributed by atoms with van der Waals surface area (Å²) in [6.45, 7) is 0.961. The highest BCUT2D eigenvalue weighted by molar-refractivity contribution is 5.95. The number of aryl methyl sites for hydroxylation is 2. The van der Waals surface area contributed by atoms with Crippen LogP contribution in [0.15, 0.2) is 18.2 Å². The molecular formula is C14H18N2O. The maximum Gasteiger partial charge on any atom is 0.241 e. The molecule has 1 aliphatic heterocycles. The van der Waals surface area contributed by atoms with Gasteiger partial charge in [0.2, 0.25) is 5.91 Å². The fourth-order valence-electron chi connectivity index (χ4n) is 2.79. The highest BCUT2D eigenvalue weighted by Gasteiger charge is 2.22. The number of nitrogens with one attached hydrogen (secondary N) is 2. The van der Waals surface area contributed by atoms with Crippen LogP contribution in [-0.2, 0) is 17.6 Å². The third kappa shape index (κ3) is 2.20. The van der Waals surface area contributed by atoms with E-state index < -0.39 is 0 Å². The smallest absolute Gasteiger partial charge is 0.241 e. The molecule has 0 saturated carbocycles. The molecule has 0 aromatic heterocycles. The van der Waals surface area contributed by atoms with Crippen LogP contribution in [0.1, 0.15) is 30.4 Å². The van der Waals surface area contributed by atoms with Gasteiger partial charge in [-0.1, -0.05) is 6.07 Å². The van der Waals surface area contributed by atoms with Crippen molar-refractivity contribution in [3.05, 3.63) is 29.3 Å². The second kappa shape index (κ2) is 4.49. The number of hydrogen-bond donors (Lipinski definition) is 2. The molecule has 2 N–H and O–H groups in total. The van der Waals surface area contributed by atoms with Gasteiger partial charge in [0.05, 0.1) is 6.04 Å². The van der Waals surface area contributed by atoms with Crippen LogP contribution in [0.5, 0.6) is 0 Å². The molecule has 1 atom stereocenters. The highest BCUT2D eigenvalue weighted by Crippen LogP contribution is 2.25. The topological polar surface area (TPSA) is 41.1 Å². The Morgan fingerprint density at radius 2 is 2.12 bits per heavy atom. The van der Waals surface area contributed by atoms with Crippen LogP contribution in [0.2, 0.25) is 0 Å². The number of carbonyl (C=O) groups excluding carboxylic acids is 1. The maximum atomic E-state index is 11.9. The Bertz CT molecular complexity index is 436. The summed E-state index contributed by atoms with van der Waals surface area (Å²) < 4.78 is 0. The average molecular weight is 230 g/mol. The summed E-state index contributed by atoms with van der Waals surface area (Å²) in [7, 11) is 0. The predicted molar refractivity (Wildman–Crippen MR) is 68.1 cm³/mol. The van der Waals surface area contributed by atoms with Crippen LogP contribution >= 0.6 is 0 Å². The number of anilines is 1. The van der Waals surface area contributed by atoms with E-state index in [1.807, 2.05) is 6.07 Å². The van der Waals surface area contributed by atoms with Gasteiger partial charge < -0.3 is 10.6 Å². The molecule has 1 fully saturated rings. The molecule has 1 heterocycles. The summed E-state index contributed by atoms with van der Waals surface area (Å²) in [4.78, 5) is 11.9. The third-order valence-electron chi connectivity index (χ3n) is 3.74. The number of rotatable bonds is 2. The lowest BCUT2D eigenvalue weighted by Crippen LogP contribution is -2.35. The minimum absolute atomic E-state index is 0.00301. The molecule has 1 aromatic carbocycles. The van der Waals surface area contributed by atoms with Crippen molar-refractivity contribution in [2.75, 3.05) is 11.9 Å². The first kappa shape index (κ1) is 10.8. The van der Waals surface area contributed by atoms with Gasteiger partial charge in [-0.2, -0.15) is 0 Å². The van der Waals surface area contributed by atoms with Crippen LogP contribution < -0.4 is 10.6 Å². The maximum absolute atomic E-state index is 11.9. The lowest BCUT2D eigenvalue weighted by atomic mass is 10.1. The number of hydrogen-bond acceptors (Lipinski definition) is 2. The van der Waals surface area contributed by atoms with Gasteiger partial charge in [0.15, 0.2) is 0 Å². The Morgan fingerprint density at radius 1 is 1.24 bits per heavy atom. The van der Waals surface area contributed by atoms with Crippen LogP contribution in [0.3, 0.4) is 0 Å². The molecule has 1 aromatic rings. The molecule has 3 rings (SSSR count). The van der Waals surface area contributed by atoms with E-state index in [4.69, 9.17) is 0 Å². The first-order chi connectivity index (χ1) is 8.33. The Labute approximate surface area is 102 Å².